The van der Waals surface area contributed by atoms with Gasteiger partial charge in [-0.2, -0.15) is 10.4 Å². The van der Waals surface area contributed by atoms with Gasteiger partial charge in [-0.1, -0.05) is 6.07 Å². The maximum atomic E-state index is 8.84. The van der Waals surface area contributed by atoms with Gasteiger partial charge in [0.15, 0.2) is 11.5 Å². The lowest BCUT2D eigenvalue weighted by Crippen LogP contribution is -2.19. The highest BCUT2D eigenvalue weighted by Gasteiger charge is 2.25. The van der Waals surface area contributed by atoms with Gasteiger partial charge in [0.1, 0.15) is 29.5 Å². The molecule has 2 atom stereocenters. The molecule has 0 spiro atoms. The van der Waals surface area contributed by atoms with E-state index in [0.29, 0.717) is 24.0 Å². The van der Waals surface area contributed by atoms with Crippen LogP contribution in [0.4, 0.5) is 11.6 Å². The molecule has 2 aromatic heterocycles. The molecule has 0 amide bonds. The fourth-order valence-electron chi connectivity index (χ4n) is 3.51. The number of H-pyrrole nitrogens is 1. The van der Waals surface area contributed by atoms with Gasteiger partial charge in [-0.15, -0.1) is 0 Å². The quantitative estimate of drug-likeness (QED) is 0.546. The van der Waals surface area contributed by atoms with Crippen molar-refractivity contribution in [1.29, 1.82) is 5.26 Å². The van der Waals surface area contributed by atoms with E-state index in [9.17, 15) is 0 Å². The Morgan fingerprint density at radius 3 is 2.80 bits per heavy atom. The molecular weight excluding hydrogens is 382 g/mol. The Bertz CT molecular complexity index is 1040. The molecule has 1 saturated carbocycles. The van der Waals surface area contributed by atoms with Crippen molar-refractivity contribution in [1.82, 2.24) is 20.2 Å². The highest BCUT2D eigenvalue weighted by molar-refractivity contribution is 5.76. The van der Waals surface area contributed by atoms with Crippen LogP contribution in [-0.2, 0) is 0 Å². The highest BCUT2D eigenvalue weighted by atomic mass is 16.5. The van der Waals surface area contributed by atoms with Crippen molar-refractivity contribution in [3.05, 3.63) is 42.4 Å². The smallest absolute Gasteiger partial charge is 0.158 e. The number of aromatic amines is 1. The van der Waals surface area contributed by atoms with Crippen molar-refractivity contribution in [2.75, 3.05) is 11.9 Å². The van der Waals surface area contributed by atoms with Crippen LogP contribution >= 0.6 is 0 Å². The van der Waals surface area contributed by atoms with Gasteiger partial charge in [-0.3, -0.25) is 5.10 Å². The van der Waals surface area contributed by atoms with E-state index in [2.05, 4.69) is 25.5 Å². The molecule has 0 aliphatic heterocycles. The normalized spacial score (nSPS) is 18.0. The number of nitrogens with two attached hydrogens (primary N) is 1. The van der Waals surface area contributed by atoms with Crippen LogP contribution < -0.4 is 20.5 Å². The second-order valence-corrected chi connectivity index (χ2v) is 7.07. The Labute approximate surface area is 174 Å². The van der Waals surface area contributed by atoms with E-state index in [1.807, 2.05) is 37.3 Å². The van der Waals surface area contributed by atoms with Gasteiger partial charge in [-0.25, -0.2) is 9.97 Å². The van der Waals surface area contributed by atoms with Gasteiger partial charge in [0.2, 0.25) is 0 Å². The SMILES string of the molecule is CCOc1cccc(O[C@@H]2CC[C@H](N)C2)c1-c1cc(Nc2cnc(C#N)cn2)n[nH]1. The van der Waals surface area contributed by atoms with Crippen molar-refractivity contribution in [3.8, 4) is 28.8 Å². The average Bonchev–Trinajstić information content (AvgIpc) is 3.38. The van der Waals surface area contributed by atoms with Crippen molar-refractivity contribution < 1.29 is 9.47 Å². The summed E-state index contributed by atoms with van der Waals surface area (Å²) in [5, 5.41) is 19.3. The standard InChI is InChI=1S/C21H23N7O2/c1-2-29-17-4-3-5-18(30-15-7-6-13(23)8-15)21(17)16-9-19(28-27-16)26-20-12-24-14(10-22)11-25-20/h3-5,9,11-13,15H,2,6-8,23H2,1H3,(H2,25,26,27,28)/t13-,15+/m0/s1. The predicted molar refractivity (Wildman–Crippen MR) is 111 cm³/mol. The van der Waals surface area contributed by atoms with E-state index in [4.69, 9.17) is 20.5 Å². The molecule has 1 aromatic carbocycles. The third kappa shape index (κ3) is 4.34. The van der Waals surface area contributed by atoms with Crippen LogP contribution in [0.3, 0.4) is 0 Å². The zero-order valence-corrected chi connectivity index (χ0v) is 16.6. The van der Waals surface area contributed by atoms with Gasteiger partial charge in [-0.05, 0) is 38.3 Å². The molecular formula is C21H23N7O2. The first-order valence-corrected chi connectivity index (χ1v) is 9.89. The molecule has 0 bridgehead atoms. The molecule has 0 saturated heterocycles. The Morgan fingerprint density at radius 1 is 1.23 bits per heavy atom. The second kappa shape index (κ2) is 8.80. The number of nitriles is 1. The number of benzene rings is 1. The number of ether oxygens (including phenoxy) is 2. The van der Waals surface area contributed by atoms with Crippen LogP contribution in [0, 0.1) is 11.3 Å². The van der Waals surface area contributed by atoms with E-state index < -0.39 is 0 Å². The van der Waals surface area contributed by atoms with Crippen molar-refractivity contribution in [2.24, 2.45) is 5.73 Å². The zero-order valence-electron chi connectivity index (χ0n) is 16.6. The summed E-state index contributed by atoms with van der Waals surface area (Å²) in [6, 6.07) is 9.74. The molecule has 30 heavy (non-hydrogen) atoms. The summed E-state index contributed by atoms with van der Waals surface area (Å²) < 4.78 is 12.1. The molecule has 0 unspecified atom stereocenters. The van der Waals surface area contributed by atoms with Crippen LogP contribution in [0.2, 0.25) is 0 Å². The topological polar surface area (TPSA) is 135 Å². The maximum Gasteiger partial charge on any atom is 0.158 e. The monoisotopic (exact) mass is 405 g/mol. The van der Waals surface area contributed by atoms with E-state index in [1.54, 1.807) is 0 Å². The molecule has 9 nitrogen and oxygen atoms in total. The van der Waals surface area contributed by atoms with Crippen LogP contribution in [0.5, 0.6) is 11.5 Å². The summed E-state index contributed by atoms with van der Waals surface area (Å²) in [7, 11) is 0. The lowest BCUT2D eigenvalue weighted by atomic mass is 10.1. The molecule has 154 valence electrons. The molecule has 2 heterocycles. The van der Waals surface area contributed by atoms with Gasteiger partial charge < -0.3 is 20.5 Å². The number of hydrogen-bond acceptors (Lipinski definition) is 8. The first-order chi connectivity index (χ1) is 14.7. The molecule has 1 aliphatic rings. The van der Waals surface area contributed by atoms with Crippen molar-refractivity contribution >= 4 is 11.6 Å². The van der Waals surface area contributed by atoms with Gasteiger partial charge in [0.25, 0.3) is 0 Å². The lowest BCUT2D eigenvalue weighted by molar-refractivity contribution is 0.208. The van der Waals surface area contributed by atoms with Crippen molar-refractivity contribution in [3.63, 3.8) is 0 Å². The summed E-state index contributed by atoms with van der Waals surface area (Å²) in [6.07, 6.45) is 5.72. The molecule has 0 radical (unpaired) electrons. The van der Waals surface area contributed by atoms with Crippen LogP contribution in [0.25, 0.3) is 11.3 Å². The zero-order chi connectivity index (χ0) is 20.9. The third-order valence-electron chi connectivity index (χ3n) is 4.88. The van der Waals surface area contributed by atoms with E-state index in [0.717, 1.165) is 36.3 Å². The van der Waals surface area contributed by atoms with Gasteiger partial charge >= 0.3 is 0 Å². The number of nitrogens with one attached hydrogen (secondary N) is 2. The second-order valence-electron chi connectivity index (χ2n) is 7.07. The largest absolute Gasteiger partial charge is 0.493 e. The highest BCUT2D eigenvalue weighted by Crippen LogP contribution is 2.40. The first-order valence-electron chi connectivity index (χ1n) is 9.89. The summed E-state index contributed by atoms with van der Waals surface area (Å²) in [6.45, 7) is 2.47. The van der Waals surface area contributed by atoms with Crippen LogP contribution in [0.1, 0.15) is 31.9 Å². The van der Waals surface area contributed by atoms with Crippen molar-refractivity contribution in [2.45, 2.75) is 38.3 Å². The number of anilines is 2. The molecule has 4 rings (SSSR count). The molecule has 9 heteroatoms. The predicted octanol–water partition coefficient (Wildman–Crippen LogP) is 3.14. The Hall–Kier alpha value is -3.64. The van der Waals surface area contributed by atoms with Crippen LogP contribution in [-0.4, -0.2) is 38.9 Å². The molecule has 1 aliphatic carbocycles. The minimum Gasteiger partial charge on any atom is -0.493 e. The summed E-state index contributed by atoms with van der Waals surface area (Å²) in [5.41, 5.74) is 7.86. The fourth-order valence-corrected chi connectivity index (χ4v) is 3.51. The minimum atomic E-state index is 0.0880. The summed E-state index contributed by atoms with van der Waals surface area (Å²) in [5.74, 6) is 2.49. The van der Waals surface area contributed by atoms with Gasteiger partial charge in [0, 0.05) is 12.1 Å². The lowest BCUT2D eigenvalue weighted by Gasteiger charge is -2.18. The maximum absolute atomic E-state index is 8.84. The molecule has 1 fully saturated rings. The van der Waals surface area contributed by atoms with Gasteiger partial charge in [0.05, 0.1) is 30.3 Å². The van der Waals surface area contributed by atoms with Crippen LogP contribution in [0.15, 0.2) is 36.7 Å². The van der Waals surface area contributed by atoms with E-state index in [-0.39, 0.29) is 17.8 Å². The average molecular weight is 405 g/mol. The fraction of sp³-hybridized carbons (Fsp3) is 0.333. The number of hydrogen-bond donors (Lipinski definition) is 3. The number of nitrogens with zero attached hydrogens (tertiary/aromatic N) is 4. The minimum absolute atomic E-state index is 0.0880. The Kier molecular flexibility index (Phi) is 5.77. The first kappa shape index (κ1) is 19.7. The number of rotatable bonds is 7. The Balaban J connectivity index is 1.61. The Morgan fingerprint density at radius 2 is 2.10 bits per heavy atom. The van der Waals surface area contributed by atoms with E-state index >= 15 is 0 Å². The molecule has 4 N–H and O–H groups in total. The summed E-state index contributed by atoms with van der Waals surface area (Å²) >= 11 is 0. The summed E-state index contributed by atoms with van der Waals surface area (Å²) in [4.78, 5) is 8.16. The third-order valence-corrected chi connectivity index (χ3v) is 4.88. The van der Waals surface area contributed by atoms with E-state index in [1.165, 1.54) is 12.4 Å². The number of aromatic nitrogens is 4. The molecule has 3 aromatic rings.